The normalized spacial score (nSPS) is 16.6. The van der Waals surface area contributed by atoms with E-state index in [1.807, 2.05) is 37.3 Å². The molecule has 166 valence electrons. The van der Waals surface area contributed by atoms with Gasteiger partial charge < -0.3 is 10.1 Å². The van der Waals surface area contributed by atoms with Crippen LogP contribution in [0, 0.1) is 0 Å². The van der Waals surface area contributed by atoms with Crippen molar-refractivity contribution in [2.75, 3.05) is 10.8 Å². The highest BCUT2D eigenvalue weighted by Gasteiger charge is 2.38. The molecule has 0 saturated carbocycles. The van der Waals surface area contributed by atoms with Crippen LogP contribution in [0.1, 0.15) is 24.9 Å². The van der Waals surface area contributed by atoms with Crippen LogP contribution in [-0.4, -0.2) is 27.0 Å². The number of hydrogen-bond acceptors (Lipinski definition) is 4. The first kappa shape index (κ1) is 22.2. The zero-order valence-corrected chi connectivity index (χ0v) is 19.0. The number of benzene rings is 3. The molecule has 0 aliphatic carbocycles. The fourth-order valence-corrected chi connectivity index (χ4v) is 5.27. The molecule has 1 aliphatic heterocycles. The van der Waals surface area contributed by atoms with Crippen LogP contribution < -0.4 is 14.4 Å². The van der Waals surface area contributed by atoms with Gasteiger partial charge in [0.25, 0.3) is 15.9 Å². The molecule has 2 atom stereocenters. The minimum absolute atomic E-state index is 0.0912. The van der Waals surface area contributed by atoms with Crippen LogP contribution in [-0.2, 0) is 14.8 Å². The van der Waals surface area contributed by atoms with E-state index in [4.69, 9.17) is 16.3 Å². The Kier molecular flexibility index (Phi) is 6.39. The van der Waals surface area contributed by atoms with E-state index in [-0.39, 0.29) is 23.4 Å². The third-order valence-electron chi connectivity index (χ3n) is 5.36. The quantitative estimate of drug-likeness (QED) is 0.572. The summed E-state index contributed by atoms with van der Waals surface area (Å²) in [5.41, 5.74) is 1.37. The Bertz CT molecular complexity index is 1200. The summed E-state index contributed by atoms with van der Waals surface area (Å²) in [6.07, 6.45) is -0.309. The van der Waals surface area contributed by atoms with Crippen molar-refractivity contribution in [3.05, 3.63) is 89.4 Å². The van der Waals surface area contributed by atoms with E-state index in [1.165, 1.54) is 28.6 Å². The van der Waals surface area contributed by atoms with E-state index in [9.17, 15) is 13.2 Å². The summed E-state index contributed by atoms with van der Waals surface area (Å²) in [5, 5.41) is 3.44. The van der Waals surface area contributed by atoms with Gasteiger partial charge in [-0.05, 0) is 48.4 Å². The van der Waals surface area contributed by atoms with Gasteiger partial charge >= 0.3 is 0 Å². The molecule has 32 heavy (non-hydrogen) atoms. The predicted molar refractivity (Wildman–Crippen MR) is 124 cm³/mol. The van der Waals surface area contributed by atoms with Crippen LogP contribution in [0.4, 0.5) is 5.69 Å². The minimum Gasteiger partial charge on any atom is -0.476 e. The average molecular weight is 471 g/mol. The minimum atomic E-state index is -3.93. The zero-order chi connectivity index (χ0) is 22.7. The zero-order valence-electron chi connectivity index (χ0n) is 17.4. The van der Waals surface area contributed by atoms with E-state index in [1.54, 1.807) is 24.3 Å². The van der Waals surface area contributed by atoms with Gasteiger partial charge in [-0.25, -0.2) is 8.42 Å². The molecule has 0 fully saturated rings. The van der Waals surface area contributed by atoms with Gasteiger partial charge in [0.15, 0.2) is 6.10 Å². The van der Waals surface area contributed by atoms with Crippen molar-refractivity contribution in [3.63, 3.8) is 0 Å². The maximum Gasteiger partial charge on any atom is 0.264 e. The van der Waals surface area contributed by atoms with Gasteiger partial charge in [-0.1, -0.05) is 61.0 Å². The van der Waals surface area contributed by atoms with E-state index in [0.29, 0.717) is 22.9 Å². The SMILES string of the molecule is CC[C@H](NC(=O)[C@H]1CN(S(=O)(=O)c2ccc(Cl)cc2)c2ccccc2O1)c1ccccc1. The highest BCUT2D eigenvalue weighted by Crippen LogP contribution is 2.37. The van der Waals surface area contributed by atoms with Crippen LogP contribution in [0.2, 0.25) is 5.02 Å². The lowest BCUT2D eigenvalue weighted by atomic mass is 10.0. The van der Waals surface area contributed by atoms with E-state index < -0.39 is 16.1 Å². The van der Waals surface area contributed by atoms with Crippen molar-refractivity contribution in [3.8, 4) is 5.75 Å². The Morgan fingerprint density at radius 1 is 1.06 bits per heavy atom. The molecule has 3 aromatic carbocycles. The van der Waals surface area contributed by atoms with Crippen LogP contribution in [0.3, 0.4) is 0 Å². The smallest absolute Gasteiger partial charge is 0.264 e. The molecule has 0 aromatic heterocycles. The van der Waals surface area contributed by atoms with E-state index >= 15 is 0 Å². The number of sulfonamides is 1. The number of amides is 1. The fraction of sp³-hybridized carbons (Fsp3) is 0.208. The summed E-state index contributed by atoms with van der Waals surface area (Å²) in [6.45, 7) is 1.84. The van der Waals surface area contributed by atoms with E-state index in [2.05, 4.69) is 5.32 Å². The molecule has 0 spiro atoms. The lowest BCUT2D eigenvalue weighted by Crippen LogP contribution is -2.51. The van der Waals surface area contributed by atoms with Crippen LogP contribution in [0.25, 0.3) is 0 Å². The van der Waals surface area contributed by atoms with Crippen LogP contribution in [0.5, 0.6) is 5.75 Å². The monoisotopic (exact) mass is 470 g/mol. The first-order valence-electron chi connectivity index (χ1n) is 10.3. The van der Waals surface area contributed by atoms with Gasteiger partial charge in [-0.2, -0.15) is 0 Å². The Morgan fingerprint density at radius 2 is 1.72 bits per heavy atom. The summed E-state index contributed by atoms with van der Waals surface area (Å²) in [5.74, 6) is -0.0317. The van der Waals surface area contributed by atoms with Gasteiger partial charge in [0.05, 0.1) is 23.2 Å². The Hall–Kier alpha value is -3.03. The summed E-state index contributed by atoms with van der Waals surface area (Å²) in [4.78, 5) is 13.2. The van der Waals surface area contributed by atoms with Crippen molar-refractivity contribution < 1.29 is 17.9 Å². The van der Waals surface area contributed by atoms with E-state index in [0.717, 1.165) is 5.56 Å². The third kappa shape index (κ3) is 4.45. The molecule has 0 bridgehead atoms. The highest BCUT2D eigenvalue weighted by atomic mass is 35.5. The number of nitrogens with zero attached hydrogens (tertiary/aromatic N) is 1. The maximum absolute atomic E-state index is 13.4. The standard InChI is InChI=1S/C24H23ClN2O4S/c1-2-20(17-8-4-3-5-9-17)26-24(28)23-16-27(21-10-6-7-11-22(21)31-23)32(29,30)19-14-12-18(25)13-15-19/h3-15,20,23H,2,16H2,1H3,(H,26,28)/t20-,23+/m0/s1. The largest absolute Gasteiger partial charge is 0.476 e. The molecule has 1 aliphatic rings. The maximum atomic E-state index is 13.4. The van der Waals surface area contributed by atoms with Crippen LogP contribution in [0.15, 0.2) is 83.8 Å². The summed E-state index contributed by atoms with van der Waals surface area (Å²) >= 11 is 5.92. The summed E-state index contributed by atoms with van der Waals surface area (Å²) in [7, 11) is -3.93. The number of carbonyl (C=O) groups excluding carboxylic acids is 1. The number of fused-ring (bicyclic) bond motifs is 1. The topological polar surface area (TPSA) is 75.7 Å². The molecular formula is C24H23ClN2O4S. The molecule has 0 radical (unpaired) electrons. The van der Waals surface area contributed by atoms with Crippen molar-refractivity contribution >= 4 is 33.2 Å². The molecule has 1 N–H and O–H groups in total. The average Bonchev–Trinajstić information content (AvgIpc) is 2.82. The summed E-state index contributed by atoms with van der Waals surface area (Å²) < 4.78 is 34.0. The van der Waals surface area contributed by atoms with Gasteiger partial charge in [-0.3, -0.25) is 9.10 Å². The molecule has 6 nitrogen and oxygen atoms in total. The second kappa shape index (κ2) is 9.22. The molecular weight excluding hydrogens is 448 g/mol. The van der Waals surface area contributed by atoms with Gasteiger partial charge in [0.1, 0.15) is 5.75 Å². The molecule has 1 heterocycles. The predicted octanol–water partition coefficient (Wildman–Crippen LogP) is 4.56. The number of rotatable bonds is 6. The highest BCUT2D eigenvalue weighted by molar-refractivity contribution is 7.92. The number of anilines is 1. The van der Waals surface area contributed by atoms with Crippen molar-refractivity contribution in [2.45, 2.75) is 30.4 Å². The third-order valence-corrected chi connectivity index (χ3v) is 7.40. The molecule has 0 saturated heterocycles. The summed E-state index contributed by atoms with van der Waals surface area (Å²) in [6, 6.07) is 22.2. The molecule has 1 amide bonds. The Morgan fingerprint density at radius 3 is 2.41 bits per heavy atom. The number of hydrogen-bond donors (Lipinski definition) is 1. The van der Waals surface area contributed by atoms with Gasteiger partial charge in [-0.15, -0.1) is 0 Å². The Balaban J connectivity index is 1.63. The molecule has 3 aromatic rings. The fourth-order valence-electron chi connectivity index (χ4n) is 3.67. The number of halogens is 1. The number of carbonyl (C=O) groups is 1. The molecule has 4 rings (SSSR count). The molecule has 8 heteroatoms. The van der Waals surface area contributed by atoms with Crippen molar-refractivity contribution in [2.24, 2.45) is 0 Å². The Labute approximate surface area is 192 Å². The number of ether oxygens (including phenoxy) is 1. The van der Waals surface area contributed by atoms with Gasteiger partial charge in [0.2, 0.25) is 0 Å². The first-order chi connectivity index (χ1) is 15.4. The lowest BCUT2D eigenvalue weighted by molar-refractivity contribution is -0.128. The number of para-hydroxylation sites is 2. The number of nitrogens with one attached hydrogen (secondary N) is 1. The second-order valence-electron chi connectivity index (χ2n) is 7.44. The van der Waals surface area contributed by atoms with Crippen molar-refractivity contribution in [1.82, 2.24) is 5.32 Å². The van der Waals surface area contributed by atoms with Crippen LogP contribution >= 0.6 is 11.6 Å². The first-order valence-corrected chi connectivity index (χ1v) is 12.1. The molecule has 0 unspecified atom stereocenters. The second-order valence-corrected chi connectivity index (χ2v) is 9.74. The van der Waals surface area contributed by atoms with Crippen molar-refractivity contribution in [1.29, 1.82) is 0 Å². The lowest BCUT2D eigenvalue weighted by Gasteiger charge is -2.35. The van der Waals surface area contributed by atoms with Gasteiger partial charge in [0, 0.05) is 5.02 Å².